The monoisotopic (exact) mass is 495 g/mol. The molecule has 0 bridgehead atoms. The van der Waals surface area contributed by atoms with E-state index in [1.807, 2.05) is 0 Å². The van der Waals surface area contributed by atoms with E-state index in [1.54, 1.807) is 0 Å². The van der Waals surface area contributed by atoms with E-state index in [-0.39, 0.29) is 31.9 Å². The molecule has 1 unspecified atom stereocenters. The molecule has 2 aromatic rings. The van der Waals surface area contributed by atoms with E-state index in [4.69, 9.17) is 0 Å². The van der Waals surface area contributed by atoms with E-state index in [0.29, 0.717) is 11.3 Å². The third-order valence-electron chi connectivity index (χ3n) is 5.23. The molecular weight excluding hydrogens is 476 g/mol. The first kappa shape index (κ1) is 25.0. The lowest BCUT2D eigenvalue weighted by Crippen LogP contribution is -2.53. The standard InChI is InChI=1S/C20H19F6N3O3S/c1-12-11-33-17(27-12)18(32,20(24,25)26)10-15(30)28-6-8-29(9-7-28)16(31)13-4-2-3-5-14(13)19(21,22)23/h2-5,11,32H,6-10H2,1H3. The highest BCUT2D eigenvalue weighted by molar-refractivity contribution is 7.09. The Hall–Kier alpha value is -2.67. The number of benzene rings is 1. The third kappa shape index (κ3) is 5.13. The molecule has 1 aliphatic heterocycles. The SMILES string of the molecule is Cc1csc(C(O)(CC(=O)N2CCN(C(=O)c3ccccc3C(F)(F)F)CC2)C(F)(F)F)n1. The lowest BCUT2D eigenvalue weighted by Gasteiger charge is -2.37. The topological polar surface area (TPSA) is 73.7 Å². The number of hydrogen-bond acceptors (Lipinski definition) is 5. The summed E-state index contributed by atoms with van der Waals surface area (Å²) < 4.78 is 80.4. The number of amides is 2. The number of piperazine rings is 1. The third-order valence-corrected chi connectivity index (χ3v) is 6.34. The zero-order chi connectivity index (χ0) is 24.6. The van der Waals surface area contributed by atoms with E-state index in [2.05, 4.69) is 4.98 Å². The maximum absolute atomic E-state index is 13.6. The van der Waals surface area contributed by atoms with Crippen molar-refractivity contribution in [3.63, 3.8) is 0 Å². The van der Waals surface area contributed by atoms with Crippen molar-refractivity contribution in [2.75, 3.05) is 26.2 Å². The predicted molar refractivity (Wildman–Crippen MR) is 105 cm³/mol. The fraction of sp³-hybridized carbons (Fsp3) is 0.450. The molecule has 2 amide bonds. The molecule has 0 aliphatic carbocycles. The molecule has 13 heteroatoms. The van der Waals surface area contributed by atoms with Crippen LogP contribution in [0.3, 0.4) is 0 Å². The van der Waals surface area contributed by atoms with Gasteiger partial charge >= 0.3 is 12.4 Å². The lowest BCUT2D eigenvalue weighted by molar-refractivity contribution is -0.268. The van der Waals surface area contributed by atoms with E-state index in [0.717, 1.165) is 28.0 Å². The van der Waals surface area contributed by atoms with E-state index < -0.39 is 52.3 Å². The molecule has 0 spiro atoms. The maximum atomic E-state index is 13.6. The number of alkyl halides is 6. The Morgan fingerprint density at radius 2 is 1.61 bits per heavy atom. The highest BCUT2D eigenvalue weighted by atomic mass is 32.1. The fourth-order valence-electron chi connectivity index (χ4n) is 3.42. The number of halogens is 6. The number of aromatic nitrogens is 1. The number of hydrogen-bond donors (Lipinski definition) is 1. The number of carbonyl (C=O) groups excluding carboxylic acids is 2. The smallest absolute Gasteiger partial charge is 0.374 e. The molecule has 1 fully saturated rings. The molecule has 1 atom stereocenters. The Kier molecular flexibility index (Phi) is 6.76. The Morgan fingerprint density at radius 3 is 2.12 bits per heavy atom. The Bertz CT molecular complexity index is 1030. The first-order chi connectivity index (χ1) is 15.2. The van der Waals surface area contributed by atoms with E-state index >= 15 is 0 Å². The van der Waals surface area contributed by atoms with Gasteiger partial charge in [-0.3, -0.25) is 9.59 Å². The van der Waals surface area contributed by atoms with Crippen LogP contribution in [0.25, 0.3) is 0 Å². The van der Waals surface area contributed by atoms with Gasteiger partial charge in [-0.25, -0.2) is 4.98 Å². The summed E-state index contributed by atoms with van der Waals surface area (Å²) >= 11 is 0.581. The van der Waals surface area contributed by atoms with Gasteiger partial charge in [-0.1, -0.05) is 12.1 Å². The van der Waals surface area contributed by atoms with Crippen LogP contribution in [0.2, 0.25) is 0 Å². The highest BCUT2D eigenvalue weighted by Crippen LogP contribution is 2.43. The normalized spacial score (nSPS) is 17.1. The van der Waals surface area contributed by atoms with Crippen molar-refractivity contribution in [2.45, 2.75) is 31.3 Å². The number of thiazole rings is 1. The highest BCUT2D eigenvalue weighted by Gasteiger charge is 2.58. The van der Waals surface area contributed by atoms with Gasteiger partial charge in [-0.2, -0.15) is 26.3 Å². The molecule has 2 heterocycles. The molecule has 6 nitrogen and oxygen atoms in total. The van der Waals surface area contributed by atoms with Crippen molar-refractivity contribution in [1.29, 1.82) is 0 Å². The van der Waals surface area contributed by atoms with Crippen LogP contribution in [0.15, 0.2) is 29.6 Å². The van der Waals surface area contributed by atoms with Gasteiger partial charge in [0.05, 0.1) is 17.5 Å². The number of nitrogens with zero attached hydrogens (tertiary/aromatic N) is 3. The summed E-state index contributed by atoms with van der Waals surface area (Å²) in [5.41, 5.74) is -4.85. The average Bonchev–Trinajstić information content (AvgIpc) is 3.18. The van der Waals surface area contributed by atoms with Crippen LogP contribution in [0.5, 0.6) is 0 Å². The summed E-state index contributed by atoms with van der Waals surface area (Å²) in [7, 11) is 0. The molecule has 0 saturated carbocycles. The molecular formula is C20H19F6N3O3S. The summed E-state index contributed by atoms with van der Waals surface area (Å²) in [6, 6.07) is 4.27. The summed E-state index contributed by atoms with van der Waals surface area (Å²) in [5.74, 6) is -1.90. The van der Waals surface area contributed by atoms with E-state index in [1.165, 1.54) is 18.4 Å². The van der Waals surface area contributed by atoms with Crippen LogP contribution in [0.1, 0.15) is 33.0 Å². The van der Waals surface area contributed by atoms with Gasteiger partial charge in [0.15, 0.2) is 0 Å². The van der Waals surface area contributed by atoms with Gasteiger partial charge in [-0.05, 0) is 19.1 Å². The van der Waals surface area contributed by atoms with Gasteiger partial charge < -0.3 is 14.9 Å². The predicted octanol–water partition coefficient (Wildman–Crippen LogP) is 3.59. The summed E-state index contributed by atoms with van der Waals surface area (Å²) in [6.45, 7) is 0.730. The summed E-state index contributed by atoms with van der Waals surface area (Å²) in [5, 5.41) is 11.0. The zero-order valence-corrected chi connectivity index (χ0v) is 18.0. The van der Waals surface area contributed by atoms with Crippen LogP contribution >= 0.6 is 11.3 Å². The minimum absolute atomic E-state index is 0.169. The van der Waals surface area contributed by atoms with Gasteiger partial charge in [0.2, 0.25) is 11.5 Å². The Balaban J connectivity index is 1.70. The number of carbonyl (C=O) groups is 2. The minimum atomic E-state index is -5.16. The van der Waals surface area contributed by atoms with Crippen molar-refractivity contribution < 1.29 is 41.0 Å². The maximum Gasteiger partial charge on any atom is 0.424 e. The largest absolute Gasteiger partial charge is 0.424 e. The average molecular weight is 495 g/mol. The fourth-order valence-corrected chi connectivity index (χ4v) is 4.33. The van der Waals surface area contributed by atoms with E-state index in [9.17, 15) is 41.0 Å². The van der Waals surface area contributed by atoms with Crippen LogP contribution in [-0.4, -0.2) is 64.1 Å². The number of aryl methyl sites for hydroxylation is 1. The van der Waals surface area contributed by atoms with Gasteiger partial charge in [0, 0.05) is 37.3 Å². The van der Waals surface area contributed by atoms with Crippen molar-refractivity contribution in [1.82, 2.24) is 14.8 Å². The summed E-state index contributed by atoms with van der Waals surface area (Å²) in [4.78, 5) is 31.0. The molecule has 33 heavy (non-hydrogen) atoms. The first-order valence-corrected chi connectivity index (χ1v) is 10.6. The Labute approximate surface area is 188 Å². The van der Waals surface area contributed by atoms with Crippen molar-refractivity contribution in [3.8, 4) is 0 Å². The lowest BCUT2D eigenvalue weighted by atomic mass is 9.98. The summed E-state index contributed by atoms with van der Waals surface area (Å²) in [6.07, 6.45) is -11.2. The second-order valence-electron chi connectivity index (χ2n) is 7.55. The molecule has 3 rings (SSSR count). The molecule has 1 aromatic carbocycles. The van der Waals surface area contributed by atoms with Crippen molar-refractivity contribution in [2.24, 2.45) is 0 Å². The van der Waals surface area contributed by atoms with Crippen LogP contribution in [0, 0.1) is 6.92 Å². The molecule has 180 valence electrons. The van der Waals surface area contributed by atoms with Gasteiger partial charge in [-0.15, -0.1) is 11.3 Å². The molecule has 1 saturated heterocycles. The second-order valence-corrected chi connectivity index (χ2v) is 8.40. The number of aliphatic hydroxyl groups is 1. The second kappa shape index (κ2) is 8.93. The van der Waals surface area contributed by atoms with Crippen LogP contribution in [0.4, 0.5) is 26.3 Å². The molecule has 0 radical (unpaired) electrons. The number of rotatable bonds is 4. The minimum Gasteiger partial charge on any atom is -0.374 e. The Morgan fingerprint density at radius 1 is 1.03 bits per heavy atom. The molecule has 1 aliphatic rings. The first-order valence-electron chi connectivity index (χ1n) is 9.69. The van der Waals surface area contributed by atoms with Crippen molar-refractivity contribution in [3.05, 3.63) is 51.5 Å². The quantitative estimate of drug-likeness (QED) is 0.658. The van der Waals surface area contributed by atoms with Gasteiger partial charge in [0.1, 0.15) is 5.01 Å². The van der Waals surface area contributed by atoms with Gasteiger partial charge in [0.25, 0.3) is 5.91 Å². The zero-order valence-electron chi connectivity index (χ0n) is 17.2. The van der Waals surface area contributed by atoms with Crippen LogP contribution < -0.4 is 0 Å². The van der Waals surface area contributed by atoms with Crippen LogP contribution in [-0.2, 0) is 16.6 Å². The molecule has 1 N–H and O–H groups in total. The molecule has 1 aromatic heterocycles. The van der Waals surface area contributed by atoms with Crippen molar-refractivity contribution >= 4 is 23.2 Å².